The third kappa shape index (κ3) is 3.30. The molecular weight excluding hydrogens is 300 g/mol. The molecule has 3 rings (SSSR count). The number of pyridine rings is 1. The number of aromatic nitrogens is 2. The molecule has 0 N–H and O–H groups in total. The van der Waals surface area contributed by atoms with Gasteiger partial charge in [0.2, 0.25) is 0 Å². The van der Waals surface area contributed by atoms with Crippen LogP contribution >= 0.6 is 11.3 Å². The fourth-order valence-electron chi connectivity index (χ4n) is 2.51. The van der Waals surface area contributed by atoms with Crippen LogP contribution in [0.4, 0.5) is 0 Å². The van der Waals surface area contributed by atoms with Gasteiger partial charge in [-0.2, -0.15) is 0 Å². The van der Waals surface area contributed by atoms with Crippen molar-refractivity contribution in [1.29, 1.82) is 0 Å². The molecule has 0 aliphatic carbocycles. The van der Waals surface area contributed by atoms with Crippen LogP contribution in [0.1, 0.15) is 52.7 Å². The summed E-state index contributed by atoms with van der Waals surface area (Å²) in [5.74, 6) is 0. The van der Waals surface area contributed by atoms with Gasteiger partial charge in [-0.05, 0) is 46.2 Å². The summed E-state index contributed by atoms with van der Waals surface area (Å²) in [6, 6.07) is 10.8. The fraction of sp³-hybridized carbons (Fsp3) is 0.400. The zero-order valence-corrected chi connectivity index (χ0v) is 15.6. The highest BCUT2D eigenvalue weighted by molar-refractivity contribution is 7.21. The minimum atomic E-state index is 0.119. The highest BCUT2D eigenvalue weighted by atomic mass is 32.1. The minimum absolute atomic E-state index is 0.119. The Bertz CT molecular complexity index is 848. The zero-order chi connectivity index (χ0) is 16.8. The normalized spacial score (nSPS) is 12.8. The average molecular weight is 324 g/mol. The Kier molecular flexibility index (Phi) is 3.80. The van der Waals surface area contributed by atoms with E-state index in [1.54, 1.807) is 11.3 Å². The van der Waals surface area contributed by atoms with E-state index in [4.69, 9.17) is 4.98 Å². The van der Waals surface area contributed by atoms with Crippen LogP contribution in [0, 0.1) is 0 Å². The van der Waals surface area contributed by atoms with E-state index in [0.29, 0.717) is 0 Å². The SMILES string of the molecule is CC(C)(C)c1ccnc(-c2nc3ccc(C(C)(C)C)cc3s2)c1. The first-order chi connectivity index (χ1) is 10.6. The second-order valence-corrected chi connectivity index (χ2v) is 9.16. The molecule has 0 saturated heterocycles. The van der Waals surface area contributed by atoms with Gasteiger partial charge in [-0.1, -0.05) is 47.6 Å². The molecule has 0 saturated carbocycles. The van der Waals surface area contributed by atoms with Gasteiger partial charge in [0.15, 0.2) is 0 Å². The number of nitrogens with zero attached hydrogens (tertiary/aromatic N) is 2. The first-order valence-corrected chi connectivity index (χ1v) is 8.84. The molecule has 1 aromatic carbocycles. The Hall–Kier alpha value is -1.74. The topological polar surface area (TPSA) is 25.8 Å². The molecule has 0 amide bonds. The molecule has 0 fully saturated rings. The Balaban J connectivity index is 2.07. The summed E-state index contributed by atoms with van der Waals surface area (Å²) >= 11 is 1.73. The molecule has 3 heteroatoms. The number of rotatable bonds is 1. The van der Waals surface area contributed by atoms with Crippen LogP contribution in [0.25, 0.3) is 20.9 Å². The predicted molar refractivity (Wildman–Crippen MR) is 100 cm³/mol. The molecule has 2 nitrogen and oxygen atoms in total. The van der Waals surface area contributed by atoms with Gasteiger partial charge in [0.05, 0.1) is 15.9 Å². The van der Waals surface area contributed by atoms with E-state index >= 15 is 0 Å². The summed E-state index contributed by atoms with van der Waals surface area (Å²) in [5, 5.41) is 0.997. The molecule has 0 atom stereocenters. The molecule has 0 bridgehead atoms. The largest absolute Gasteiger partial charge is 0.254 e. The maximum atomic E-state index is 4.79. The van der Waals surface area contributed by atoms with Gasteiger partial charge in [0.1, 0.15) is 5.01 Å². The lowest BCUT2D eigenvalue weighted by Gasteiger charge is -2.18. The van der Waals surface area contributed by atoms with Crippen molar-refractivity contribution in [2.75, 3.05) is 0 Å². The second-order valence-electron chi connectivity index (χ2n) is 8.13. The summed E-state index contributed by atoms with van der Waals surface area (Å²) in [6.45, 7) is 13.4. The van der Waals surface area contributed by atoms with Gasteiger partial charge >= 0.3 is 0 Å². The fourth-order valence-corrected chi connectivity index (χ4v) is 3.49. The summed E-state index contributed by atoms with van der Waals surface area (Å²) in [4.78, 5) is 9.32. The number of fused-ring (bicyclic) bond motifs is 1. The molecular formula is C20H24N2S. The summed E-state index contributed by atoms with van der Waals surface area (Å²) in [5.41, 5.74) is 4.93. The minimum Gasteiger partial charge on any atom is -0.254 e. The van der Waals surface area contributed by atoms with E-state index < -0.39 is 0 Å². The van der Waals surface area contributed by atoms with Crippen molar-refractivity contribution >= 4 is 21.6 Å². The van der Waals surface area contributed by atoms with Crippen LogP contribution in [-0.2, 0) is 10.8 Å². The molecule has 120 valence electrons. The smallest absolute Gasteiger partial charge is 0.143 e. The lowest BCUT2D eigenvalue weighted by Crippen LogP contribution is -2.11. The lowest BCUT2D eigenvalue weighted by atomic mass is 9.87. The lowest BCUT2D eigenvalue weighted by molar-refractivity contribution is 0.589. The standard InChI is InChI=1S/C20H24N2S/c1-19(2,3)13-7-8-15-17(12-13)23-18(22-15)16-11-14(9-10-21-16)20(4,5)6/h7-12H,1-6H3. The zero-order valence-electron chi connectivity index (χ0n) is 14.8. The molecule has 2 aromatic heterocycles. The first kappa shape index (κ1) is 16.1. The number of thiazole rings is 1. The van der Waals surface area contributed by atoms with Crippen LogP contribution in [0.2, 0.25) is 0 Å². The van der Waals surface area contributed by atoms with E-state index in [0.717, 1.165) is 16.2 Å². The summed E-state index contributed by atoms with van der Waals surface area (Å²) < 4.78 is 1.23. The van der Waals surface area contributed by atoms with Crippen molar-refractivity contribution in [3.8, 4) is 10.7 Å². The molecule has 23 heavy (non-hydrogen) atoms. The molecule has 0 aliphatic heterocycles. The van der Waals surface area contributed by atoms with E-state index in [1.807, 2.05) is 6.20 Å². The number of benzene rings is 1. The third-order valence-electron chi connectivity index (χ3n) is 4.10. The van der Waals surface area contributed by atoms with Gasteiger partial charge in [0.25, 0.3) is 0 Å². The van der Waals surface area contributed by atoms with Crippen LogP contribution < -0.4 is 0 Å². The highest BCUT2D eigenvalue weighted by Gasteiger charge is 2.18. The van der Waals surface area contributed by atoms with Crippen LogP contribution in [0.3, 0.4) is 0 Å². The van der Waals surface area contributed by atoms with Gasteiger partial charge in [-0.25, -0.2) is 4.98 Å². The quantitative estimate of drug-likeness (QED) is 0.552. The van der Waals surface area contributed by atoms with Crippen molar-refractivity contribution in [2.24, 2.45) is 0 Å². The molecule has 3 aromatic rings. The molecule has 0 aliphatic rings. The number of hydrogen-bond donors (Lipinski definition) is 0. The van der Waals surface area contributed by atoms with Crippen molar-refractivity contribution in [3.63, 3.8) is 0 Å². The van der Waals surface area contributed by atoms with Crippen molar-refractivity contribution < 1.29 is 0 Å². The second kappa shape index (κ2) is 5.41. The van der Waals surface area contributed by atoms with Gasteiger partial charge < -0.3 is 0 Å². The maximum absolute atomic E-state index is 4.79. The van der Waals surface area contributed by atoms with E-state index in [9.17, 15) is 0 Å². The Morgan fingerprint density at radius 2 is 1.48 bits per heavy atom. The van der Waals surface area contributed by atoms with Gasteiger partial charge in [0, 0.05) is 6.20 Å². The molecule has 0 radical (unpaired) electrons. The van der Waals surface area contributed by atoms with Crippen molar-refractivity contribution in [2.45, 2.75) is 52.4 Å². The van der Waals surface area contributed by atoms with Crippen molar-refractivity contribution in [1.82, 2.24) is 9.97 Å². The molecule has 2 heterocycles. The monoisotopic (exact) mass is 324 g/mol. The van der Waals surface area contributed by atoms with Gasteiger partial charge in [-0.15, -0.1) is 11.3 Å². The third-order valence-corrected chi connectivity index (χ3v) is 5.14. The Morgan fingerprint density at radius 3 is 2.13 bits per heavy atom. The predicted octanol–water partition coefficient (Wildman–Crippen LogP) is 5.95. The average Bonchev–Trinajstić information content (AvgIpc) is 2.88. The molecule has 0 unspecified atom stereocenters. The summed E-state index contributed by atoms with van der Waals surface area (Å²) in [6.07, 6.45) is 1.89. The molecule has 0 spiro atoms. The number of hydrogen-bond acceptors (Lipinski definition) is 3. The van der Waals surface area contributed by atoms with Gasteiger partial charge in [-0.3, -0.25) is 4.98 Å². The van der Waals surface area contributed by atoms with E-state index in [1.165, 1.54) is 15.8 Å². The Labute approximate surface area is 142 Å². The van der Waals surface area contributed by atoms with E-state index in [2.05, 4.69) is 76.9 Å². The van der Waals surface area contributed by atoms with Crippen LogP contribution in [0.5, 0.6) is 0 Å². The van der Waals surface area contributed by atoms with Crippen LogP contribution in [-0.4, -0.2) is 9.97 Å². The maximum Gasteiger partial charge on any atom is 0.143 e. The summed E-state index contributed by atoms with van der Waals surface area (Å²) in [7, 11) is 0. The van der Waals surface area contributed by atoms with Crippen LogP contribution in [0.15, 0.2) is 36.5 Å². The Morgan fingerprint density at radius 1 is 0.826 bits per heavy atom. The highest BCUT2D eigenvalue weighted by Crippen LogP contribution is 2.34. The van der Waals surface area contributed by atoms with E-state index in [-0.39, 0.29) is 10.8 Å². The van der Waals surface area contributed by atoms with Crippen molar-refractivity contribution in [3.05, 3.63) is 47.7 Å². The first-order valence-electron chi connectivity index (χ1n) is 8.02.